The van der Waals surface area contributed by atoms with Gasteiger partial charge in [0.25, 0.3) is 0 Å². The van der Waals surface area contributed by atoms with Crippen molar-refractivity contribution in [2.24, 2.45) is 15.7 Å². The first kappa shape index (κ1) is 14.8. The summed E-state index contributed by atoms with van der Waals surface area (Å²) in [4.78, 5) is 10.0. The van der Waals surface area contributed by atoms with Crippen LogP contribution in [0.4, 0.5) is 13.2 Å². The van der Waals surface area contributed by atoms with Crippen molar-refractivity contribution in [3.8, 4) is 0 Å². The Hall–Kier alpha value is -1.63. The lowest BCUT2D eigenvalue weighted by Crippen LogP contribution is -2.30. The van der Waals surface area contributed by atoms with Crippen LogP contribution in [0.2, 0.25) is 0 Å². The van der Waals surface area contributed by atoms with Gasteiger partial charge >= 0.3 is 6.18 Å². The zero-order valence-electron chi connectivity index (χ0n) is 11.2. The molecule has 110 valence electrons. The van der Waals surface area contributed by atoms with Crippen molar-refractivity contribution in [2.45, 2.75) is 25.4 Å². The SMILES string of the molecule is CN1CCC(N)=C(C=NC2=NC=C(C(F)(F)F)CC2)C1. The van der Waals surface area contributed by atoms with Crippen LogP contribution >= 0.6 is 0 Å². The van der Waals surface area contributed by atoms with Crippen LogP contribution in [0.5, 0.6) is 0 Å². The zero-order valence-corrected chi connectivity index (χ0v) is 11.2. The molecular weight excluding hydrogens is 269 g/mol. The first-order chi connectivity index (χ1) is 9.36. The predicted octanol–water partition coefficient (Wildman–Crippen LogP) is 2.24. The minimum atomic E-state index is -4.29. The fourth-order valence-electron chi connectivity index (χ4n) is 2.06. The molecule has 20 heavy (non-hydrogen) atoms. The molecule has 2 heterocycles. The van der Waals surface area contributed by atoms with Crippen LogP contribution in [-0.4, -0.2) is 43.3 Å². The third-order valence-electron chi connectivity index (χ3n) is 3.34. The number of hydrogen-bond acceptors (Lipinski definition) is 4. The minimum Gasteiger partial charge on any atom is -0.402 e. The quantitative estimate of drug-likeness (QED) is 0.752. The topological polar surface area (TPSA) is 54.0 Å². The zero-order chi connectivity index (χ0) is 14.8. The van der Waals surface area contributed by atoms with Gasteiger partial charge in [-0.25, -0.2) is 9.98 Å². The average molecular weight is 286 g/mol. The molecule has 0 aromatic heterocycles. The van der Waals surface area contributed by atoms with E-state index in [1.54, 1.807) is 6.21 Å². The molecule has 0 aromatic carbocycles. The average Bonchev–Trinajstić information content (AvgIpc) is 2.39. The molecule has 2 rings (SSSR count). The van der Waals surface area contributed by atoms with Gasteiger partial charge in [-0.15, -0.1) is 0 Å². The summed E-state index contributed by atoms with van der Waals surface area (Å²) in [5.74, 6) is 0.409. The maximum Gasteiger partial charge on any atom is 0.414 e. The summed E-state index contributed by atoms with van der Waals surface area (Å²) in [5.41, 5.74) is 6.99. The van der Waals surface area contributed by atoms with Crippen LogP contribution < -0.4 is 5.73 Å². The Morgan fingerprint density at radius 3 is 2.70 bits per heavy atom. The number of rotatable bonds is 1. The maximum atomic E-state index is 12.4. The van der Waals surface area contributed by atoms with Crippen LogP contribution in [0.1, 0.15) is 19.3 Å². The van der Waals surface area contributed by atoms with E-state index in [0.717, 1.165) is 30.4 Å². The number of nitrogens with zero attached hydrogens (tertiary/aromatic N) is 3. The van der Waals surface area contributed by atoms with E-state index in [1.807, 2.05) is 7.05 Å². The highest BCUT2D eigenvalue weighted by Crippen LogP contribution is 2.31. The van der Waals surface area contributed by atoms with E-state index in [9.17, 15) is 13.2 Å². The van der Waals surface area contributed by atoms with E-state index in [4.69, 9.17) is 5.73 Å². The van der Waals surface area contributed by atoms with Gasteiger partial charge in [0.15, 0.2) is 0 Å². The van der Waals surface area contributed by atoms with Crippen molar-refractivity contribution in [2.75, 3.05) is 20.1 Å². The van der Waals surface area contributed by atoms with E-state index in [-0.39, 0.29) is 12.8 Å². The van der Waals surface area contributed by atoms with Gasteiger partial charge in [-0.1, -0.05) is 0 Å². The molecule has 0 radical (unpaired) electrons. The Labute approximate surface area is 115 Å². The van der Waals surface area contributed by atoms with Crippen molar-refractivity contribution < 1.29 is 13.2 Å². The maximum absolute atomic E-state index is 12.4. The molecule has 0 saturated heterocycles. The Balaban J connectivity index is 2.06. The molecule has 0 saturated carbocycles. The highest BCUT2D eigenvalue weighted by Gasteiger charge is 2.34. The molecule has 0 unspecified atom stereocenters. The standard InChI is InChI=1S/C13H17F3N4/c1-20-5-4-11(17)9(8-20)6-18-12-3-2-10(7-19-12)13(14,15)16/h6-7H,2-5,8,17H2,1H3. The fraction of sp³-hybridized carbons (Fsp3) is 0.538. The normalized spacial score (nSPS) is 22.2. The summed E-state index contributed by atoms with van der Waals surface area (Å²) >= 11 is 0. The molecule has 2 aliphatic rings. The Morgan fingerprint density at radius 2 is 2.10 bits per heavy atom. The van der Waals surface area contributed by atoms with Crippen molar-refractivity contribution in [3.63, 3.8) is 0 Å². The van der Waals surface area contributed by atoms with Gasteiger partial charge in [-0.3, -0.25) is 0 Å². The first-order valence-corrected chi connectivity index (χ1v) is 6.39. The van der Waals surface area contributed by atoms with Crippen LogP contribution in [-0.2, 0) is 0 Å². The second-order valence-electron chi connectivity index (χ2n) is 4.99. The monoisotopic (exact) mass is 286 g/mol. The van der Waals surface area contributed by atoms with Gasteiger partial charge in [0.2, 0.25) is 0 Å². The molecule has 0 bridgehead atoms. The Morgan fingerprint density at radius 1 is 1.35 bits per heavy atom. The third kappa shape index (κ3) is 3.69. The summed E-state index contributed by atoms with van der Waals surface area (Å²) < 4.78 is 37.3. The van der Waals surface area contributed by atoms with Crippen molar-refractivity contribution >= 4 is 12.1 Å². The van der Waals surface area contributed by atoms with Crippen molar-refractivity contribution in [1.29, 1.82) is 0 Å². The van der Waals surface area contributed by atoms with Crippen LogP contribution in [0.3, 0.4) is 0 Å². The molecule has 0 aromatic rings. The van der Waals surface area contributed by atoms with E-state index in [0.29, 0.717) is 12.4 Å². The van der Waals surface area contributed by atoms with E-state index in [1.165, 1.54) is 0 Å². The lowest BCUT2D eigenvalue weighted by atomic mass is 10.1. The summed E-state index contributed by atoms with van der Waals surface area (Å²) in [6.07, 6.45) is -0.906. The third-order valence-corrected chi connectivity index (χ3v) is 3.34. The summed E-state index contributed by atoms with van der Waals surface area (Å²) in [5, 5.41) is 0. The number of likely N-dealkylation sites (N-methyl/N-ethyl adjacent to an activating group) is 1. The van der Waals surface area contributed by atoms with Gasteiger partial charge in [0.05, 0.1) is 5.57 Å². The summed E-state index contributed by atoms with van der Waals surface area (Å²) in [7, 11) is 1.98. The van der Waals surface area contributed by atoms with Gasteiger partial charge < -0.3 is 10.6 Å². The van der Waals surface area contributed by atoms with Gasteiger partial charge in [0.1, 0.15) is 5.84 Å². The molecule has 0 spiro atoms. The predicted molar refractivity (Wildman–Crippen MR) is 72.6 cm³/mol. The molecule has 0 aliphatic carbocycles. The second kappa shape index (κ2) is 5.78. The molecule has 2 N–H and O–H groups in total. The van der Waals surface area contributed by atoms with E-state index in [2.05, 4.69) is 14.9 Å². The van der Waals surface area contributed by atoms with Crippen LogP contribution in [0, 0.1) is 0 Å². The fourth-order valence-corrected chi connectivity index (χ4v) is 2.06. The molecule has 4 nitrogen and oxygen atoms in total. The highest BCUT2D eigenvalue weighted by molar-refractivity contribution is 5.95. The lowest BCUT2D eigenvalue weighted by molar-refractivity contribution is -0.0941. The largest absolute Gasteiger partial charge is 0.414 e. The second-order valence-corrected chi connectivity index (χ2v) is 4.99. The summed E-state index contributed by atoms with van der Waals surface area (Å²) in [6, 6.07) is 0. The number of allylic oxidation sites excluding steroid dienone is 1. The molecule has 7 heteroatoms. The van der Waals surface area contributed by atoms with E-state index < -0.39 is 11.7 Å². The lowest BCUT2D eigenvalue weighted by Gasteiger charge is -2.24. The Bertz CT molecular complexity index is 500. The smallest absolute Gasteiger partial charge is 0.402 e. The number of aliphatic imine (C=N–C) groups is 2. The number of hydrogen-bond donors (Lipinski definition) is 1. The van der Waals surface area contributed by atoms with Crippen LogP contribution in [0.15, 0.2) is 33.0 Å². The van der Waals surface area contributed by atoms with Crippen molar-refractivity contribution in [3.05, 3.63) is 23.0 Å². The number of halogens is 3. The molecule has 0 fully saturated rings. The number of amidine groups is 1. The first-order valence-electron chi connectivity index (χ1n) is 6.39. The van der Waals surface area contributed by atoms with E-state index >= 15 is 0 Å². The summed E-state index contributed by atoms with van der Waals surface area (Å²) in [6.45, 7) is 1.61. The minimum absolute atomic E-state index is 0.0753. The van der Waals surface area contributed by atoms with Crippen LogP contribution in [0.25, 0.3) is 0 Å². The Kier molecular flexibility index (Phi) is 4.27. The highest BCUT2D eigenvalue weighted by atomic mass is 19.4. The molecular formula is C13H17F3N4. The molecule has 0 atom stereocenters. The molecule has 0 amide bonds. The number of alkyl halides is 3. The van der Waals surface area contributed by atoms with Gasteiger partial charge in [0, 0.05) is 49.6 Å². The molecule has 2 aliphatic heterocycles. The van der Waals surface area contributed by atoms with Crippen molar-refractivity contribution in [1.82, 2.24) is 4.90 Å². The number of nitrogens with two attached hydrogens (primary N) is 1. The van der Waals surface area contributed by atoms with Gasteiger partial charge in [-0.05, 0) is 13.5 Å². The van der Waals surface area contributed by atoms with Gasteiger partial charge in [-0.2, -0.15) is 13.2 Å².